The van der Waals surface area contributed by atoms with Crippen LogP contribution in [-0.2, 0) is 25.6 Å². The molecular formula is C32H36N2O5. The molecule has 7 nitrogen and oxygen atoms in total. The van der Waals surface area contributed by atoms with Crippen LogP contribution >= 0.6 is 0 Å². The highest BCUT2D eigenvalue weighted by Crippen LogP contribution is 2.44. The van der Waals surface area contributed by atoms with E-state index >= 15 is 0 Å². The molecular weight excluding hydrogens is 492 g/mol. The summed E-state index contributed by atoms with van der Waals surface area (Å²) in [4.78, 5) is 40.5. The number of alkyl carbamates (subject to hydrolysis) is 1. The number of hydrogen-bond acceptors (Lipinski definition) is 5. The Bertz CT molecular complexity index is 1240. The van der Waals surface area contributed by atoms with Gasteiger partial charge in [0.25, 0.3) is 0 Å². The van der Waals surface area contributed by atoms with Crippen LogP contribution in [0.5, 0.6) is 0 Å². The van der Waals surface area contributed by atoms with Gasteiger partial charge in [-0.15, -0.1) is 0 Å². The quantitative estimate of drug-likeness (QED) is 0.331. The molecule has 39 heavy (non-hydrogen) atoms. The van der Waals surface area contributed by atoms with Crippen molar-refractivity contribution in [2.75, 3.05) is 19.8 Å². The van der Waals surface area contributed by atoms with Gasteiger partial charge in [-0.1, -0.05) is 92.7 Å². The van der Waals surface area contributed by atoms with Gasteiger partial charge < -0.3 is 19.7 Å². The Morgan fingerprint density at radius 2 is 1.44 bits per heavy atom. The molecule has 0 aromatic heterocycles. The van der Waals surface area contributed by atoms with Crippen LogP contribution in [0.4, 0.5) is 4.79 Å². The molecule has 1 aliphatic carbocycles. The number of esters is 1. The molecule has 0 spiro atoms. The average molecular weight is 529 g/mol. The molecule has 0 aliphatic heterocycles. The summed E-state index contributed by atoms with van der Waals surface area (Å²) in [6, 6.07) is 24.8. The minimum absolute atomic E-state index is 0.0826. The third-order valence-electron chi connectivity index (χ3n) is 6.79. The van der Waals surface area contributed by atoms with Gasteiger partial charge in [0.05, 0.1) is 6.61 Å². The molecule has 1 N–H and O–H groups in total. The van der Waals surface area contributed by atoms with E-state index in [0.29, 0.717) is 6.42 Å². The van der Waals surface area contributed by atoms with Crippen LogP contribution in [0.3, 0.4) is 0 Å². The Hall–Kier alpha value is -4.13. The van der Waals surface area contributed by atoms with Crippen LogP contribution in [0.25, 0.3) is 11.1 Å². The van der Waals surface area contributed by atoms with Crippen LogP contribution in [0.2, 0.25) is 0 Å². The van der Waals surface area contributed by atoms with Crippen molar-refractivity contribution in [1.29, 1.82) is 0 Å². The molecule has 0 bridgehead atoms. The fraction of sp³-hybridized carbons (Fsp3) is 0.344. The molecule has 0 unspecified atom stereocenters. The summed E-state index contributed by atoms with van der Waals surface area (Å²) in [6.07, 6.45) is -0.261. The van der Waals surface area contributed by atoms with E-state index in [0.717, 1.165) is 27.8 Å². The van der Waals surface area contributed by atoms with E-state index in [9.17, 15) is 14.4 Å². The van der Waals surface area contributed by atoms with Gasteiger partial charge >= 0.3 is 12.1 Å². The first-order valence-corrected chi connectivity index (χ1v) is 13.5. The first kappa shape index (κ1) is 27.9. The van der Waals surface area contributed by atoms with Crippen LogP contribution in [-0.4, -0.2) is 48.7 Å². The van der Waals surface area contributed by atoms with E-state index in [4.69, 9.17) is 9.47 Å². The van der Waals surface area contributed by atoms with Crippen LogP contribution in [0.15, 0.2) is 78.9 Å². The van der Waals surface area contributed by atoms with E-state index in [2.05, 4.69) is 29.6 Å². The molecule has 2 amide bonds. The molecule has 204 valence electrons. The first-order valence-electron chi connectivity index (χ1n) is 13.5. The summed E-state index contributed by atoms with van der Waals surface area (Å²) < 4.78 is 10.8. The van der Waals surface area contributed by atoms with E-state index in [1.807, 2.05) is 68.4 Å². The van der Waals surface area contributed by atoms with Crippen LogP contribution < -0.4 is 5.32 Å². The molecule has 0 radical (unpaired) electrons. The lowest BCUT2D eigenvalue weighted by atomic mass is 9.98. The highest BCUT2D eigenvalue weighted by molar-refractivity contribution is 5.88. The third-order valence-corrected chi connectivity index (χ3v) is 6.79. The lowest BCUT2D eigenvalue weighted by Gasteiger charge is -2.28. The Labute approximate surface area is 230 Å². The number of amides is 2. The predicted octanol–water partition coefficient (Wildman–Crippen LogP) is 5.53. The lowest BCUT2D eigenvalue weighted by Crippen LogP contribution is -2.50. The van der Waals surface area contributed by atoms with Crippen molar-refractivity contribution in [3.05, 3.63) is 95.6 Å². The summed E-state index contributed by atoms with van der Waals surface area (Å²) in [5, 5.41) is 2.79. The summed E-state index contributed by atoms with van der Waals surface area (Å²) in [7, 11) is 0. The molecule has 0 fully saturated rings. The molecule has 7 heteroatoms. The topological polar surface area (TPSA) is 84.9 Å². The van der Waals surface area contributed by atoms with Crippen LogP contribution in [0, 0.1) is 5.92 Å². The zero-order valence-electron chi connectivity index (χ0n) is 22.8. The molecule has 3 aromatic rings. The van der Waals surface area contributed by atoms with Gasteiger partial charge in [0, 0.05) is 12.5 Å². The minimum atomic E-state index is -0.848. The maximum Gasteiger partial charge on any atom is 0.407 e. The van der Waals surface area contributed by atoms with Gasteiger partial charge in [0.15, 0.2) is 0 Å². The number of rotatable bonds is 11. The monoisotopic (exact) mass is 528 g/mol. The second kappa shape index (κ2) is 13.1. The summed E-state index contributed by atoms with van der Waals surface area (Å²) in [5.41, 5.74) is 5.39. The van der Waals surface area contributed by atoms with Gasteiger partial charge in [-0.3, -0.25) is 9.59 Å². The van der Waals surface area contributed by atoms with Crippen LogP contribution in [0.1, 0.15) is 49.8 Å². The normalized spacial score (nSPS) is 12.8. The van der Waals surface area contributed by atoms with Gasteiger partial charge in [0.1, 0.15) is 19.2 Å². The molecule has 1 aliphatic rings. The number of carbonyl (C=O) groups is 3. The molecule has 3 aromatic carbocycles. The summed E-state index contributed by atoms with van der Waals surface area (Å²) in [5.74, 6) is -0.810. The van der Waals surface area contributed by atoms with Crippen molar-refractivity contribution >= 4 is 18.0 Å². The first-order chi connectivity index (χ1) is 18.9. The maximum absolute atomic E-state index is 13.7. The lowest BCUT2D eigenvalue weighted by molar-refractivity contribution is -0.150. The number of benzene rings is 3. The number of nitrogens with one attached hydrogen (secondary N) is 1. The van der Waals surface area contributed by atoms with E-state index in [1.165, 1.54) is 4.90 Å². The molecule has 0 saturated heterocycles. The maximum atomic E-state index is 13.7. The van der Waals surface area contributed by atoms with Crippen molar-refractivity contribution < 1.29 is 23.9 Å². The number of fused-ring (bicyclic) bond motifs is 3. The van der Waals surface area contributed by atoms with Gasteiger partial charge in [0.2, 0.25) is 5.91 Å². The number of nitrogens with zero attached hydrogens (tertiary/aromatic N) is 1. The largest absolute Gasteiger partial charge is 0.465 e. The molecule has 4 rings (SSSR count). The van der Waals surface area contributed by atoms with Crippen molar-refractivity contribution in [3.63, 3.8) is 0 Å². The van der Waals surface area contributed by atoms with Crippen molar-refractivity contribution in [2.45, 2.75) is 45.7 Å². The third kappa shape index (κ3) is 7.05. The smallest absolute Gasteiger partial charge is 0.407 e. The highest BCUT2D eigenvalue weighted by Gasteiger charge is 2.31. The van der Waals surface area contributed by atoms with E-state index < -0.39 is 18.1 Å². The van der Waals surface area contributed by atoms with E-state index in [1.54, 1.807) is 6.92 Å². The second-order valence-electron chi connectivity index (χ2n) is 10.1. The zero-order valence-corrected chi connectivity index (χ0v) is 22.8. The Balaban J connectivity index is 1.47. The number of carbonyl (C=O) groups excluding carboxylic acids is 3. The second-order valence-corrected chi connectivity index (χ2v) is 10.1. The fourth-order valence-electron chi connectivity index (χ4n) is 5.07. The number of ether oxygens (including phenoxy) is 2. The van der Waals surface area contributed by atoms with Crippen molar-refractivity contribution in [1.82, 2.24) is 10.2 Å². The molecule has 0 saturated carbocycles. The van der Waals surface area contributed by atoms with Gasteiger partial charge in [-0.05, 0) is 47.1 Å². The predicted molar refractivity (Wildman–Crippen MR) is 150 cm³/mol. The zero-order chi connectivity index (χ0) is 27.8. The van der Waals surface area contributed by atoms with E-state index in [-0.39, 0.29) is 44.0 Å². The van der Waals surface area contributed by atoms with Gasteiger partial charge in [-0.2, -0.15) is 0 Å². The summed E-state index contributed by atoms with van der Waals surface area (Å²) in [6.45, 7) is 6.07. The highest BCUT2D eigenvalue weighted by atomic mass is 16.5. The molecule has 0 heterocycles. The standard InChI is InChI=1S/C32H36N2O5/c1-4-38-30(35)20-34(19-23-12-6-5-7-13-23)31(36)29(18-22(2)3)33-32(37)39-21-28-26-16-10-8-14-24(26)25-15-9-11-17-27(25)28/h5-17,22,28-29H,4,18-21H2,1-3H3,(H,33,37)/t29-/m0/s1. The molecule has 1 atom stereocenters. The minimum Gasteiger partial charge on any atom is -0.465 e. The van der Waals surface area contributed by atoms with Crippen molar-refractivity contribution in [2.24, 2.45) is 5.92 Å². The Morgan fingerprint density at radius 1 is 0.846 bits per heavy atom. The SMILES string of the molecule is CCOC(=O)CN(Cc1ccccc1)C(=O)[C@H](CC(C)C)NC(=O)OCC1c2ccccc2-c2ccccc21. The average Bonchev–Trinajstić information content (AvgIpc) is 3.25. The Morgan fingerprint density at radius 3 is 2.03 bits per heavy atom. The Kier molecular flexibility index (Phi) is 9.36. The fourth-order valence-corrected chi connectivity index (χ4v) is 5.07. The van der Waals surface area contributed by atoms with Gasteiger partial charge in [-0.25, -0.2) is 4.79 Å². The summed E-state index contributed by atoms with van der Waals surface area (Å²) >= 11 is 0. The van der Waals surface area contributed by atoms with Crippen molar-refractivity contribution in [3.8, 4) is 11.1 Å². The number of hydrogen-bond donors (Lipinski definition) is 1.